The number of hydrogen-bond acceptors (Lipinski definition) is 1. The highest BCUT2D eigenvalue weighted by molar-refractivity contribution is 6.20. The molecule has 6 heteroatoms. The number of piperidine rings is 1. The van der Waals surface area contributed by atoms with Gasteiger partial charge in [0.15, 0.2) is 0 Å². The predicted molar refractivity (Wildman–Crippen MR) is 71.5 cm³/mol. The van der Waals surface area contributed by atoms with E-state index in [0.717, 1.165) is 6.42 Å². The molecule has 4 atom stereocenters. The summed E-state index contributed by atoms with van der Waals surface area (Å²) in [4.78, 5) is 14.1. The van der Waals surface area contributed by atoms with E-state index < -0.39 is 18.0 Å². The van der Waals surface area contributed by atoms with Gasteiger partial charge in [0, 0.05) is 24.4 Å². The first-order valence-electron chi connectivity index (χ1n) is 7.28. The molecular formula is C14H21ClF3NO. The van der Waals surface area contributed by atoms with Crippen LogP contribution < -0.4 is 0 Å². The lowest BCUT2D eigenvalue weighted by atomic mass is 9.80. The molecule has 1 saturated carbocycles. The van der Waals surface area contributed by atoms with E-state index in [-0.39, 0.29) is 30.0 Å². The molecule has 1 aliphatic heterocycles. The second-order valence-electron chi connectivity index (χ2n) is 6.17. The van der Waals surface area contributed by atoms with Crippen LogP contribution in [0.4, 0.5) is 13.2 Å². The van der Waals surface area contributed by atoms with Crippen LogP contribution in [-0.4, -0.2) is 35.4 Å². The monoisotopic (exact) mass is 311 g/mol. The fourth-order valence-corrected chi connectivity index (χ4v) is 3.46. The number of nitrogens with zero attached hydrogens (tertiary/aromatic N) is 1. The molecule has 0 aromatic heterocycles. The normalized spacial score (nSPS) is 36.0. The second kappa shape index (κ2) is 6.12. The highest BCUT2D eigenvalue weighted by atomic mass is 35.5. The minimum atomic E-state index is -4.17. The number of rotatable bonds is 1. The van der Waals surface area contributed by atoms with Crippen molar-refractivity contribution in [3.8, 4) is 0 Å². The van der Waals surface area contributed by atoms with Crippen molar-refractivity contribution in [2.75, 3.05) is 13.1 Å². The van der Waals surface area contributed by atoms with Gasteiger partial charge in [0.05, 0.1) is 5.92 Å². The number of halogens is 4. The van der Waals surface area contributed by atoms with Gasteiger partial charge in [-0.3, -0.25) is 4.79 Å². The van der Waals surface area contributed by atoms with Crippen molar-refractivity contribution >= 4 is 17.5 Å². The number of hydrogen-bond donors (Lipinski definition) is 0. The molecule has 1 amide bonds. The Hall–Kier alpha value is -0.450. The summed E-state index contributed by atoms with van der Waals surface area (Å²) in [7, 11) is 0. The highest BCUT2D eigenvalue weighted by Crippen LogP contribution is 2.40. The lowest BCUT2D eigenvalue weighted by Crippen LogP contribution is -2.47. The zero-order chi connectivity index (χ0) is 14.9. The second-order valence-corrected chi connectivity index (χ2v) is 6.73. The number of amides is 1. The third-order valence-corrected chi connectivity index (χ3v) is 5.25. The molecule has 1 aliphatic carbocycles. The molecule has 0 aromatic rings. The molecule has 2 rings (SSSR count). The number of carbonyl (C=O) groups excluding carboxylic acids is 1. The summed E-state index contributed by atoms with van der Waals surface area (Å²) >= 11 is 6.12. The molecule has 2 aliphatic rings. The molecule has 4 unspecified atom stereocenters. The smallest absolute Gasteiger partial charge is 0.342 e. The van der Waals surface area contributed by atoms with Crippen LogP contribution in [0.1, 0.15) is 39.0 Å². The molecule has 20 heavy (non-hydrogen) atoms. The summed E-state index contributed by atoms with van der Waals surface area (Å²) in [6.45, 7) is 3.13. The summed E-state index contributed by atoms with van der Waals surface area (Å²) in [5.41, 5.74) is 0. The lowest BCUT2D eigenvalue weighted by Gasteiger charge is -2.38. The standard InChI is InChI=1S/C14H21ClF3NO/c1-9-8-19(6-5-12(9)15)13(20)10-3-2-4-11(7-10)14(16,17)18/h9-12H,2-8H2,1H3. The zero-order valence-electron chi connectivity index (χ0n) is 11.6. The predicted octanol–water partition coefficient (Wildman–Crippen LogP) is 3.83. The number of likely N-dealkylation sites (tertiary alicyclic amines) is 1. The van der Waals surface area contributed by atoms with Gasteiger partial charge in [-0.25, -0.2) is 0 Å². The van der Waals surface area contributed by atoms with Crippen LogP contribution in [-0.2, 0) is 4.79 Å². The van der Waals surface area contributed by atoms with E-state index in [1.807, 2.05) is 6.92 Å². The Labute approximate surface area is 122 Å². The molecule has 0 bridgehead atoms. The van der Waals surface area contributed by atoms with Crippen molar-refractivity contribution in [1.82, 2.24) is 4.90 Å². The van der Waals surface area contributed by atoms with Crippen LogP contribution in [0, 0.1) is 17.8 Å². The third kappa shape index (κ3) is 3.60. The molecule has 0 radical (unpaired) electrons. The van der Waals surface area contributed by atoms with Crippen molar-refractivity contribution in [3.05, 3.63) is 0 Å². The summed E-state index contributed by atoms with van der Waals surface area (Å²) in [6, 6.07) is 0. The van der Waals surface area contributed by atoms with E-state index in [2.05, 4.69) is 0 Å². The summed E-state index contributed by atoms with van der Waals surface area (Å²) in [5, 5.41) is 0.0633. The third-order valence-electron chi connectivity index (χ3n) is 4.60. The maximum atomic E-state index is 12.8. The maximum Gasteiger partial charge on any atom is 0.391 e. The van der Waals surface area contributed by atoms with Gasteiger partial charge >= 0.3 is 6.18 Å². The summed E-state index contributed by atoms with van der Waals surface area (Å²) in [6.07, 6.45) is -2.26. The SMILES string of the molecule is CC1CN(C(=O)C2CCCC(C(F)(F)F)C2)CCC1Cl. The van der Waals surface area contributed by atoms with E-state index >= 15 is 0 Å². The van der Waals surface area contributed by atoms with Crippen molar-refractivity contribution in [2.45, 2.75) is 50.6 Å². The van der Waals surface area contributed by atoms with Gasteiger partial charge in [-0.15, -0.1) is 11.6 Å². The molecule has 116 valence electrons. The van der Waals surface area contributed by atoms with Crippen molar-refractivity contribution in [2.24, 2.45) is 17.8 Å². The van der Waals surface area contributed by atoms with Crippen LogP contribution in [0.3, 0.4) is 0 Å². The van der Waals surface area contributed by atoms with Crippen molar-refractivity contribution < 1.29 is 18.0 Å². The number of carbonyl (C=O) groups is 1. The Bertz CT molecular complexity index is 361. The van der Waals surface area contributed by atoms with Gasteiger partial charge in [0.1, 0.15) is 0 Å². The van der Waals surface area contributed by atoms with Gasteiger partial charge < -0.3 is 4.90 Å². The zero-order valence-corrected chi connectivity index (χ0v) is 12.4. The molecule has 2 fully saturated rings. The molecule has 0 aromatic carbocycles. The molecule has 0 N–H and O–H groups in total. The van der Waals surface area contributed by atoms with Crippen LogP contribution in [0.15, 0.2) is 0 Å². The van der Waals surface area contributed by atoms with E-state index in [4.69, 9.17) is 11.6 Å². The average molecular weight is 312 g/mol. The minimum absolute atomic E-state index is 0.0441. The molecule has 1 saturated heterocycles. The molecule has 2 nitrogen and oxygen atoms in total. The Morgan fingerprint density at radius 1 is 1.25 bits per heavy atom. The van der Waals surface area contributed by atoms with Crippen molar-refractivity contribution in [3.63, 3.8) is 0 Å². The van der Waals surface area contributed by atoms with E-state index in [1.165, 1.54) is 0 Å². The Kier molecular flexibility index (Phi) is 4.88. The molecule has 1 heterocycles. The maximum absolute atomic E-state index is 12.8. The lowest BCUT2D eigenvalue weighted by molar-refractivity contribution is -0.187. The van der Waals surface area contributed by atoms with Crippen molar-refractivity contribution in [1.29, 1.82) is 0 Å². The van der Waals surface area contributed by atoms with Crippen LogP contribution in [0.5, 0.6) is 0 Å². The highest BCUT2D eigenvalue weighted by Gasteiger charge is 2.44. The van der Waals surface area contributed by atoms with Gasteiger partial charge in [-0.1, -0.05) is 13.3 Å². The van der Waals surface area contributed by atoms with E-state index in [9.17, 15) is 18.0 Å². The minimum Gasteiger partial charge on any atom is -0.342 e. The topological polar surface area (TPSA) is 20.3 Å². The van der Waals surface area contributed by atoms with Gasteiger partial charge in [-0.05, 0) is 31.6 Å². The van der Waals surface area contributed by atoms with Crippen LogP contribution in [0.2, 0.25) is 0 Å². The first-order valence-corrected chi connectivity index (χ1v) is 7.72. The van der Waals surface area contributed by atoms with Crippen LogP contribution in [0.25, 0.3) is 0 Å². The quantitative estimate of drug-likeness (QED) is 0.674. The van der Waals surface area contributed by atoms with Gasteiger partial charge in [0.25, 0.3) is 0 Å². The number of alkyl halides is 4. The van der Waals surface area contributed by atoms with E-state index in [1.54, 1.807) is 4.90 Å². The van der Waals surface area contributed by atoms with Gasteiger partial charge in [0.2, 0.25) is 5.91 Å². The molecular weight excluding hydrogens is 291 g/mol. The largest absolute Gasteiger partial charge is 0.391 e. The first kappa shape index (κ1) is 15.9. The Balaban J connectivity index is 1.95. The Morgan fingerprint density at radius 3 is 2.55 bits per heavy atom. The fraction of sp³-hybridized carbons (Fsp3) is 0.929. The van der Waals surface area contributed by atoms with Gasteiger partial charge in [-0.2, -0.15) is 13.2 Å². The average Bonchev–Trinajstić information content (AvgIpc) is 2.40. The molecule has 0 spiro atoms. The summed E-state index contributed by atoms with van der Waals surface area (Å²) in [5.74, 6) is -1.67. The van der Waals surface area contributed by atoms with Crippen LogP contribution >= 0.6 is 11.6 Å². The first-order chi connectivity index (χ1) is 9.29. The van der Waals surface area contributed by atoms with E-state index in [0.29, 0.717) is 25.9 Å². The summed E-state index contributed by atoms with van der Waals surface area (Å²) < 4.78 is 38.4. The fourth-order valence-electron chi connectivity index (χ4n) is 3.29. The Morgan fingerprint density at radius 2 is 1.95 bits per heavy atom.